The highest BCUT2D eigenvalue weighted by molar-refractivity contribution is 6.18. The number of carbonyl (C=O) groups excluding carboxylic acids is 1. The molecule has 16 heavy (non-hydrogen) atoms. The van der Waals surface area contributed by atoms with Crippen LogP contribution in [0.4, 0.5) is 0 Å². The number of nitrogens with one attached hydrogen (secondary N) is 1. The molecule has 0 radical (unpaired) electrons. The minimum atomic E-state index is -0.0488. The number of alkyl halides is 1. The maximum Gasteiger partial charge on any atom is 0.226 e. The van der Waals surface area contributed by atoms with Crippen LogP contribution in [0.3, 0.4) is 0 Å². The van der Waals surface area contributed by atoms with Gasteiger partial charge in [0.05, 0.1) is 18.1 Å². The summed E-state index contributed by atoms with van der Waals surface area (Å²) >= 11 is 5.77. The summed E-state index contributed by atoms with van der Waals surface area (Å²) in [4.78, 5) is 12.1. The largest absolute Gasteiger partial charge is 0.374 e. The third-order valence-electron chi connectivity index (χ3n) is 3.57. The molecule has 0 spiro atoms. The molecule has 4 heteroatoms. The summed E-state index contributed by atoms with van der Waals surface area (Å²) in [5, 5.41) is 2.99. The third-order valence-corrected chi connectivity index (χ3v) is 3.94. The molecule has 1 N–H and O–H groups in total. The van der Waals surface area contributed by atoms with Crippen LogP contribution in [0.25, 0.3) is 0 Å². The fraction of sp³-hybridized carbons (Fsp3) is 0.917. The molecule has 1 amide bonds. The lowest BCUT2D eigenvalue weighted by Crippen LogP contribution is -2.43. The Hall–Kier alpha value is -0.280. The summed E-state index contributed by atoms with van der Waals surface area (Å²) in [6, 6.07) is 0.0736. The molecular weight excluding hydrogens is 226 g/mol. The van der Waals surface area contributed by atoms with Crippen LogP contribution >= 0.6 is 11.6 Å². The van der Waals surface area contributed by atoms with E-state index in [-0.39, 0.29) is 36.0 Å². The van der Waals surface area contributed by atoms with Crippen molar-refractivity contribution in [3.8, 4) is 0 Å². The average molecular weight is 248 g/mol. The minimum absolute atomic E-state index is 0.00201. The quantitative estimate of drug-likeness (QED) is 0.774. The van der Waals surface area contributed by atoms with Crippen molar-refractivity contribution < 1.29 is 9.53 Å². The van der Waals surface area contributed by atoms with Gasteiger partial charge in [0.2, 0.25) is 5.91 Å². The van der Waals surface area contributed by atoms with E-state index in [1.54, 1.807) is 0 Å². The van der Waals surface area contributed by atoms with Crippen LogP contribution in [0.2, 0.25) is 0 Å². The van der Waals surface area contributed by atoms with Crippen LogP contribution in [0.5, 0.6) is 0 Å². The number of ether oxygens (including phenoxy) is 1. The zero-order valence-corrected chi connectivity index (χ0v) is 11.3. The number of hydrogen-bond acceptors (Lipinski definition) is 2. The van der Waals surface area contributed by atoms with Crippen LogP contribution < -0.4 is 5.32 Å². The molecule has 0 aromatic carbocycles. The van der Waals surface area contributed by atoms with E-state index in [1.807, 2.05) is 20.8 Å². The SMILES string of the molecule is CCC(CCl)NC(=O)C1C(C)OC(C)C1C. The predicted octanol–water partition coefficient (Wildman–Crippen LogP) is 2.18. The van der Waals surface area contributed by atoms with E-state index in [1.165, 1.54) is 0 Å². The highest BCUT2D eigenvalue weighted by atomic mass is 35.5. The molecule has 1 rings (SSSR count). The lowest BCUT2D eigenvalue weighted by Gasteiger charge is -2.21. The molecule has 0 aromatic heterocycles. The summed E-state index contributed by atoms with van der Waals surface area (Å²) in [7, 11) is 0. The van der Waals surface area contributed by atoms with Crippen LogP contribution in [-0.2, 0) is 9.53 Å². The number of halogens is 1. The highest BCUT2D eigenvalue weighted by Crippen LogP contribution is 2.32. The number of carbonyl (C=O) groups is 1. The number of hydrogen-bond donors (Lipinski definition) is 1. The normalized spacial score (nSPS) is 36.1. The molecule has 0 aromatic rings. The maximum absolute atomic E-state index is 12.1. The van der Waals surface area contributed by atoms with Crippen molar-refractivity contribution in [3.05, 3.63) is 0 Å². The number of amides is 1. The average Bonchev–Trinajstić information content (AvgIpc) is 2.49. The Bertz CT molecular complexity index is 243. The Kier molecular flexibility index (Phi) is 5.06. The summed E-state index contributed by atoms with van der Waals surface area (Å²) in [6.07, 6.45) is 1.01. The van der Waals surface area contributed by atoms with Crippen LogP contribution in [0, 0.1) is 11.8 Å². The van der Waals surface area contributed by atoms with Crippen molar-refractivity contribution in [1.82, 2.24) is 5.32 Å². The molecule has 0 bridgehead atoms. The first-order valence-electron chi connectivity index (χ1n) is 6.03. The van der Waals surface area contributed by atoms with E-state index in [0.717, 1.165) is 6.42 Å². The van der Waals surface area contributed by atoms with E-state index in [4.69, 9.17) is 16.3 Å². The van der Waals surface area contributed by atoms with Crippen LogP contribution in [0.15, 0.2) is 0 Å². The molecule has 1 saturated heterocycles. The monoisotopic (exact) mass is 247 g/mol. The second kappa shape index (κ2) is 5.87. The van der Waals surface area contributed by atoms with Crippen molar-refractivity contribution in [2.45, 2.75) is 52.4 Å². The van der Waals surface area contributed by atoms with Crippen molar-refractivity contribution in [2.75, 3.05) is 5.88 Å². The highest BCUT2D eigenvalue weighted by Gasteiger charge is 2.41. The van der Waals surface area contributed by atoms with E-state index >= 15 is 0 Å². The van der Waals surface area contributed by atoms with E-state index in [9.17, 15) is 4.79 Å². The van der Waals surface area contributed by atoms with Crippen LogP contribution in [0.1, 0.15) is 34.1 Å². The summed E-state index contributed by atoms with van der Waals surface area (Å²) in [6.45, 7) is 8.08. The molecule has 3 nitrogen and oxygen atoms in total. The molecule has 5 unspecified atom stereocenters. The standard InChI is InChI=1S/C12H22ClNO2/c1-5-10(6-13)14-12(15)11-7(2)8(3)16-9(11)4/h7-11H,5-6H2,1-4H3,(H,14,15). The van der Waals surface area contributed by atoms with E-state index in [0.29, 0.717) is 5.88 Å². The Morgan fingerprint density at radius 3 is 2.38 bits per heavy atom. The number of rotatable bonds is 4. The molecule has 1 fully saturated rings. The van der Waals surface area contributed by atoms with Crippen molar-refractivity contribution in [2.24, 2.45) is 11.8 Å². The molecule has 1 heterocycles. The zero-order valence-electron chi connectivity index (χ0n) is 10.5. The lowest BCUT2D eigenvalue weighted by molar-refractivity contribution is -0.127. The molecule has 94 valence electrons. The Morgan fingerprint density at radius 1 is 1.38 bits per heavy atom. The molecule has 0 saturated carbocycles. The summed E-state index contributed by atoms with van der Waals surface area (Å²) in [5.41, 5.74) is 0. The van der Waals surface area contributed by atoms with Gasteiger partial charge < -0.3 is 10.1 Å². The van der Waals surface area contributed by atoms with Gasteiger partial charge in [-0.25, -0.2) is 0 Å². The van der Waals surface area contributed by atoms with Crippen molar-refractivity contribution >= 4 is 17.5 Å². The Labute approximate surface area is 103 Å². The smallest absolute Gasteiger partial charge is 0.226 e. The third kappa shape index (κ3) is 2.89. The molecule has 1 aliphatic rings. The van der Waals surface area contributed by atoms with Gasteiger partial charge in [0.1, 0.15) is 0 Å². The van der Waals surface area contributed by atoms with Gasteiger partial charge in [-0.2, -0.15) is 0 Å². The Balaban J connectivity index is 2.59. The predicted molar refractivity (Wildman–Crippen MR) is 65.6 cm³/mol. The molecule has 1 aliphatic heterocycles. The molecule has 0 aliphatic carbocycles. The van der Waals surface area contributed by atoms with Gasteiger partial charge in [-0.3, -0.25) is 4.79 Å². The maximum atomic E-state index is 12.1. The zero-order chi connectivity index (χ0) is 12.3. The molecule has 5 atom stereocenters. The van der Waals surface area contributed by atoms with E-state index in [2.05, 4.69) is 12.2 Å². The lowest BCUT2D eigenvalue weighted by atomic mass is 9.88. The summed E-state index contributed by atoms with van der Waals surface area (Å²) < 4.78 is 5.66. The van der Waals surface area contributed by atoms with Gasteiger partial charge in [0.25, 0.3) is 0 Å². The fourth-order valence-electron chi connectivity index (χ4n) is 2.27. The second-order valence-electron chi connectivity index (χ2n) is 4.70. The first-order chi connectivity index (χ1) is 7.51. The minimum Gasteiger partial charge on any atom is -0.374 e. The van der Waals surface area contributed by atoms with Gasteiger partial charge in [-0.1, -0.05) is 13.8 Å². The van der Waals surface area contributed by atoms with Crippen LogP contribution in [-0.4, -0.2) is 30.0 Å². The van der Waals surface area contributed by atoms with Gasteiger partial charge >= 0.3 is 0 Å². The topological polar surface area (TPSA) is 38.3 Å². The molecular formula is C12H22ClNO2. The first-order valence-corrected chi connectivity index (χ1v) is 6.56. The van der Waals surface area contributed by atoms with Gasteiger partial charge in [-0.15, -0.1) is 11.6 Å². The van der Waals surface area contributed by atoms with Crippen molar-refractivity contribution in [3.63, 3.8) is 0 Å². The van der Waals surface area contributed by atoms with E-state index < -0.39 is 0 Å². The first kappa shape index (κ1) is 13.8. The summed E-state index contributed by atoms with van der Waals surface area (Å²) in [5.74, 6) is 0.765. The van der Waals surface area contributed by atoms with Crippen molar-refractivity contribution in [1.29, 1.82) is 0 Å². The van der Waals surface area contributed by atoms with Gasteiger partial charge in [-0.05, 0) is 26.2 Å². The second-order valence-corrected chi connectivity index (χ2v) is 5.01. The van der Waals surface area contributed by atoms with Gasteiger partial charge in [0.15, 0.2) is 0 Å². The Morgan fingerprint density at radius 2 is 2.00 bits per heavy atom. The fourth-order valence-corrected chi connectivity index (χ4v) is 2.56. The van der Waals surface area contributed by atoms with Gasteiger partial charge in [0, 0.05) is 11.9 Å².